The van der Waals surface area contributed by atoms with Crippen LogP contribution in [0.5, 0.6) is 0 Å². The fourth-order valence-corrected chi connectivity index (χ4v) is 5.30. The lowest BCUT2D eigenvalue weighted by molar-refractivity contribution is -0.0828. The first kappa shape index (κ1) is 17.7. The molecule has 0 radical (unpaired) electrons. The van der Waals surface area contributed by atoms with Crippen LogP contribution in [0.4, 0.5) is 5.95 Å². The molecule has 0 amide bonds. The van der Waals surface area contributed by atoms with Crippen LogP contribution in [0.3, 0.4) is 0 Å². The summed E-state index contributed by atoms with van der Waals surface area (Å²) in [5.74, 6) is 1.59. The Hall–Kier alpha value is -1.11. The molecule has 1 aliphatic carbocycles. The molecule has 1 spiro atoms. The van der Waals surface area contributed by atoms with Crippen molar-refractivity contribution in [1.82, 2.24) is 19.8 Å². The number of likely N-dealkylation sites (tertiary alicyclic amines) is 1. The first-order valence-corrected chi connectivity index (χ1v) is 9.05. The molecule has 2 aliphatic rings. The van der Waals surface area contributed by atoms with Crippen molar-refractivity contribution in [3.05, 3.63) is 11.9 Å². The number of aliphatic hydroxyl groups is 1. The van der Waals surface area contributed by atoms with Crippen LogP contribution in [0.1, 0.15) is 32.4 Å². The summed E-state index contributed by atoms with van der Waals surface area (Å²) in [6.07, 6.45) is 3.67. The van der Waals surface area contributed by atoms with E-state index in [1.54, 1.807) is 0 Å². The molecule has 2 N–H and O–H groups in total. The van der Waals surface area contributed by atoms with E-state index >= 15 is 0 Å². The van der Waals surface area contributed by atoms with Crippen molar-refractivity contribution in [3.63, 3.8) is 0 Å². The third-order valence-corrected chi connectivity index (χ3v) is 6.01. The summed E-state index contributed by atoms with van der Waals surface area (Å²) in [6, 6.07) is 0.772. The van der Waals surface area contributed by atoms with Crippen LogP contribution in [0, 0.1) is 11.3 Å². The van der Waals surface area contributed by atoms with E-state index in [4.69, 9.17) is 0 Å². The van der Waals surface area contributed by atoms with Crippen molar-refractivity contribution in [2.24, 2.45) is 18.4 Å². The Bertz CT molecular complexity index is 579. The molecular formula is C18H33N5O. The molecule has 6 nitrogen and oxygen atoms in total. The monoisotopic (exact) mass is 335 g/mol. The van der Waals surface area contributed by atoms with Crippen LogP contribution in [0.15, 0.2) is 6.20 Å². The maximum Gasteiger partial charge on any atom is 0.204 e. The smallest absolute Gasteiger partial charge is 0.204 e. The molecule has 3 rings (SSSR count). The van der Waals surface area contributed by atoms with Crippen molar-refractivity contribution >= 4 is 5.95 Å². The second-order valence-electron chi connectivity index (χ2n) is 8.43. The standard InChI is InChI=1S/C18H33N5O/c1-12(2)16-18(11-22(16)5)7-14(15(24)8-18)19-9-13-10-20-17(21(3)4)23(13)6/h10,12,14-16,19,24H,7-9,11H2,1-6H3/t14-,15-,16?,18?/m1/s1. The van der Waals surface area contributed by atoms with Gasteiger partial charge in [-0.3, -0.25) is 0 Å². The van der Waals surface area contributed by atoms with Crippen LogP contribution in [-0.4, -0.2) is 65.4 Å². The van der Waals surface area contributed by atoms with E-state index in [-0.39, 0.29) is 12.1 Å². The summed E-state index contributed by atoms with van der Waals surface area (Å²) >= 11 is 0. The van der Waals surface area contributed by atoms with Gasteiger partial charge < -0.3 is 24.8 Å². The van der Waals surface area contributed by atoms with Crippen LogP contribution < -0.4 is 10.2 Å². The van der Waals surface area contributed by atoms with Gasteiger partial charge in [-0.25, -0.2) is 4.98 Å². The zero-order valence-corrected chi connectivity index (χ0v) is 16.0. The van der Waals surface area contributed by atoms with Crippen molar-refractivity contribution < 1.29 is 5.11 Å². The average molecular weight is 335 g/mol. The van der Waals surface area contributed by atoms with E-state index in [9.17, 15) is 5.11 Å². The van der Waals surface area contributed by atoms with Crippen molar-refractivity contribution in [2.45, 2.75) is 51.4 Å². The summed E-state index contributed by atoms with van der Waals surface area (Å²) < 4.78 is 2.11. The molecule has 1 aromatic heterocycles. The largest absolute Gasteiger partial charge is 0.391 e. The summed E-state index contributed by atoms with van der Waals surface area (Å²) in [4.78, 5) is 8.92. The number of nitrogens with zero attached hydrogens (tertiary/aromatic N) is 4. The minimum atomic E-state index is -0.249. The van der Waals surface area contributed by atoms with Gasteiger partial charge in [0.25, 0.3) is 0 Å². The second-order valence-corrected chi connectivity index (χ2v) is 8.43. The van der Waals surface area contributed by atoms with E-state index in [0.717, 1.165) is 37.6 Å². The lowest BCUT2D eigenvalue weighted by Crippen LogP contribution is -2.64. The van der Waals surface area contributed by atoms with Gasteiger partial charge in [0.2, 0.25) is 5.95 Å². The van der Waals surface area contributed by atoms with E-state index < -0.39 is 0 Å². The molecule has 0 bridgehead atoms. The lowest BCUT2D eigenvalue weighted by atomic mass is 9.66. The van der Waals surface area contributed by atoms with Gasteiger partial charge in [-0.1, -0.05) is 13.8 Å². The molecule has 2 fully saturated rings. The Morgan fingerprint density at radius 3 is 2.62 bits per heavy atom. The first-order chi connectivity index (χ1) is 11.2. The minimum Gasteiger partial charge on any atom is -0.391 e. The fraction of sp³-hybridized carbons (Fsp3) is 0.833. The molecule has 1 aromatic rings. The fourth-order valence-electron chi connectivity index (χ4n) is 5.30. The number of aliphatic hydroxyl groups excluding tert-OH is 1. The van der Waals surface area contributed by atoms with Gasteiger partial charge in [0.05, 0.1) is 18.0 Å². The first-order valence-electron chi connectivity index (χ1n) is 9.05. The molecule has 1 aliphatic heterocycles. The maximum atomic E-state index is 10.6. The summed E-state index contributed by atoms with van der Waals surface area (Å²) in [5.41, 5.74) is 1.44. The zero-order chi connectivity index (χ0) is 17.6. The number of hydrogen-bond donors (Lipinski definition) is 2. The van der Waals surface area contributed by atoms with Gasteiger partial charge in [0.15, 0.2) is 0 Å². The Morgan fingerprint density at radius 1 is 1.38 bits per heavy atom. The quantitative estimate of drug-likeness (QED) is 0.843. The lowest BCUT2D eigenvalue weighted by Gasteiger charge is -2.57. The number of aromatic nitrogens is 2. The molecule has 136 valence electrons. The summed E-state index contributed by atoms with van der Waals surface area (Å²) in [5, 5.41) is 14.2. The molecule has 1 saturated carbocycles. The Kier molecular flexibility index (Phi) is 4.66. The van der Waals surface area contributed by atoms with Gasteiger partial charge in [0, 0.05) is 51.7 Å². The predicted molar refractivity (Wildman–Crippen MR) is 97.1 cm³/mol. The average Bonchev–Trinajstić information content (AvgIpc) is 2.97. The Labute approximate surface area is 145 Å². The van der Waals surface area contributed by atoms with Gasteiger partial charge >= 0.3 is 0 Å². The van der Waals surface area contributed by atoms with Crippen molar-refractivity contribution in [3.8, 4) is 0 Å². The molecule has 2 unspecified atom stereocenters. The third kappa shape index (κ3) is 2.85. The van der Waals surface area contributed by atoms with Crippen LogP contribution in [0.2, 0.25) is 0 Å². The number of imidazole rings is 1. The molecule has 2 heterocycles. The molecular weight excluding hydrogens is 302 g/mol. The van der Waals surface area contributed by atoms with E-state index in [1.165, 1.54) is 0 Å². The van der Waals surface area contributed by atoms with E-state index in [1.807, 2.05) is 32.2 Å². The predicted octanol–water partition coefficient (Wildman–Crippen LogP) is 1.06. The molecule has 24 heavy (non-hydrogen) atoms. The Morgan fingerprint density at radius 2 is 2.08 bits per heavy atom. The highest BCUT2D eigenvalue weighted by Crippen LogP contribution is 2.52. The van der Waals surface area contributed by atoms with E-state index in [2.05, 4.69) is 40.7 Å². The summed E-state index contributed by atoms with van der Waals surface area (Å²) in [6.45, 7) is 6.46. The normalized spacial score (nSPS) is 33.4. The van der Waals surface area contributed by atoms with Crippen molar-refractivity contribution in [2.75, 3.05) is 32.6 Å². The number of rotatable bonds is 5. The van der Waals surface area contributed by atoms with Crippen molar-refractivity contribution in [1.29, 1.82) is 0 Å². The molecule has 1 saturated heterocycles. The molecule has 4 atom stereocenters. The second kappa shape index (κ2) is 6.32. The number of hydrogen-bond acceptors (Lipinski definition) is 5. The number of anilines is 1. The van der Waals surface area contributed by atoms with Gasteiger partial charge in [0.1, 0.15) is 0 Å². The zero-order valence-electron chi connectivity index (χ0n) is 16.0. The van der Waals surface area contributed by atoms with Crippen LogP contribution in [0.25, 0.3) is 0 Å². The highest BCUT2D eigenvalue weighted by Gasteiger charge is 2.57. The third-order valence-electron chi connectivity index (χ3n) is 6.01. The molecule has 6 heteroatoms. The highest BCUT2D eigenvalue weighted by molar-refractivity contribution is 5.31. The van der Waals surface area contributed by atoms with Crippen LogP contribution >= 0.6 is 0 Å². The maximum absolute atomic E-state index is 10.6. The number of nitrogens with one attached hydrogen (secondary N) is 1. The van der Waals surface area contributed by atoms with Gasteiger partial charge in [-0.15, -0.1) is 0 Å². The van der Waals surface area contributed by atoms with Crippen LogP contribution in [-0.2, 0) is 13.6 Å². The Balaban J connectivity index is 1.63. The SMILES string of the molecule is CC(C)C1N(C)CC12C[C@@H](O)[C@H](NCc1cnc(N(C)C)n1C)C2. The summed E-state index contributed by atoms with van der Waals surface area (Å²) in [7, 11) is 8.26. The minimum absolute atomic E-state index is 0.178. The van der Waals surface area contributed by atoms with Gasteiger partial charge in [-0.2, -0.15) is 0 Å². The van der Waals surface area contributed by atoms with Gasteiger partial charge in [-0.05, 0) is 25.8 Å². The highest BCUT2D eigenvalue weighted by atomic mass is 16.3. The molecule has 0 aromatic carbocycles. The topological polar surface area (TPSA) is 56.6 Å². The van der Waals surface area contributed by atoms with E-state index in [0.29, 0.717) is 17.4 Å².